The number of carbonyl (C=O) groups is 1. The van der Waals surface area contributed by atoms with Gasteiger partial charge in [0.05, 0.1) is 0 Å². The van der Waals surface area contributed by atoms with E-state index in [9.17, 15) is 14.3 Å². The minimum atomic E-state index is -0.382. The van der Waals surface area contributed by atoms with Gasteiger partial charge in [-0.1, -0.05) is 0 Å². The zero-order valence-corrected chi connectivity index (χ0v) is 14.2. The normalized spacial score (nSPS) is 13.8. The summed E-state index contributed by atoms with van der Waals surface area (Å²) in [5.74, 6) is -0.250. The number of anilines is 2. The molecule has 0 bridgehead atoms. The van der Waals surface area contributed by atoms with Gasteiger partial charge in [-0.3, -0.25) is 4.79 Å². The van der Waals surface area contributed by atoms with Gasteiger partial charge in [-0.15, -0.1) is 0 Å². The van der Waals surface area contributed by atoms with Crippen molar-refractivity contribution in [1.29, 1.82) is 0 Å². The zero-order chi connectivity index (χ0) is 19.0. The number of allylic oxidation sites excluding steroid dienone is 1. The molecule has 0 amide bonds. The Morgan fingerprint density at radius 3 is 2.78 bits per heavy atom. The van der Waals surface area contributed by atoms with Crippen LogP contribution in [-0.2, 0) is 0 Å². The number of carbonyl (C=O) groups excluding carboxylic acids is 1. The number of nitrogens with zero attached hydrogens (tertiary/aromatic N) is 2. The summed E-state index contributed by atoms with van der Waals surface area (Å²) in [6.45, 7) is 1.33. The van der Waals surface area contributed by atoms with Gasteiger partial charge < -0.3 is 14.8 Å². The van der Waals surface area contributed by atoms with Gasteiger partial charge in [0, 0.05) is 29.2 Å². The van der Waals surface area contributed by atoms with Crippen LogP contribution in [0.5, 0.6) is 5.75 Å². The average molecular weight is 363 g/mol. The van der Waals surface area contributed by atoms with Crippen molar-refractivity contribution in [3.63, 3.8) is 0 Å². The Hall–Kier alpha value is -3.74. The number of pyridine rings is 1. The maximum atomic E-state index is 13.1. The van der Waals surface area contributed by atoms with Crippen LogP contribution in [-0.4, -0.2) is 22.1 Å². The summed E-state index contributed by atoms with van der Waals surface area (Å²) in [6, 6.07) is 9.20. The lowest BCUT2D eigenvalue weighted by molar-refractivity contribution is 0.101. The second-order valence-electron chi connectivity index (χ2n) is 5.94. The summed E-state index contributed by atoms with van der Waals surface area (Å²) in [5, 5.41) is 13.4. The van der Waals surface area contributed by atoms with Crippen LogP contribution in [0.3, 0.4) is 0 Å². The van der Waals surface area contributed by atoms with E-state index in [1.54, 1.807) is 24.6 Å². The summed E-state index contributed by atoms with van der Waals surface area (Å²) >= 11 is 0. The third-order valence-corrected chi connectivity index (χ3v) is 4.07. The molecular weight excluding hydrogens is 349 g/mol. The lowest BCUT2D eigenvalue weighted by Gasteiger charge is -2.04. The van der Waals surface area contributed by atoms with Crippen molar-refractivity contribution in [2.45, 2.75) is 6.92 Å². The number of rotatable bonds is 4. The van der Waals surface area contributed by atoms with E-state index in [2.05, 4.69) is 15.3 Å². The number of Topliss-reactive ketones (excluding diaryl/α,β-unsaturated/α-hetero) is 1. The first kappa shape index (κ1) is 16.7. The predicted molar refractivity (Wildman–Crippen MR) is 100 cm³/mol. The molecule has 0 aliphatic carbocycles. The predicted octanol–water partition coefficient (Wildman–Crippen LogP) is 4.72. The number of fused-ring (bicyclic) bond motifs is 1. The van der Waals surface area contributed by atoms with E-state index in [-0.39, 0.29) is 34.6 Å². The van der Waals surface area contributed by atoms with E-state index >= 15 is 0 Å². The van der Waals surface area contributed by atoms with Gasteiger partial charge in [0.15, 0.2) is 23.1 Å². The molecule has 0 unspecified atom stereocenters. The third kappa shape index (κ3) is 3.10. The Morgan fingerprint density at radius 1 is 1.26 bits per heavy atom. The van der Waals surface area contributed by atoms with Gasteiger partial charge in [-0.25, -0.2) is 14.4 Å². The maximum absolute atomic E-state index is 13.1. The summed E-state index contributed by atoms with van der Waals surface area (Å²) in [4.78, 5) is 20.4. The average Bonchev–Trinajstić information content (AvgIpc) is 3.19. The van der Waals surface area contributed by atoms with Crippen molar-refractivity contribution in [3.8, 4) is 5.75 Å². The molecule has 2 N–H and O–H groups in total. The fraction of sp³-hybridized carbons (Fsp3) is 0.0500. The Balaban J connectivity index is 1.75. The highest BCUT2D eigenvalue weighted by Crippen LogP contribution is 2.39. The number of nitrogens with one attached hydrogen (secondary N) is 1. The van der Waals surface area contributed by atoms with E-state index in [1.807, 2.05) is 6.07 Å². The fourth-order valence-corrected chi connectivity index (χ4v) is 2.80. The molecule has 2 aromatic heterocycles. The first-order chi connectivity index (χ1) is 13.0. The van der Waals surface area contributed by atoms with E-state index in [0.29, 0.717) is 17.1 Å². The van der Waals surface area contributed by atoms with Crippen LogP contribution in [0.1, 0.15) is 28.6 Å². The Kier molecular flexibility index (Phi) is 4.04. The highest BCUT2D eigenvalue weighted by molar-refractivity contribution is 6.21. The molecule has 1 aliphatic heterocycles. The van der Waals surface area contributed by atoms with Crippen LogP contribution < -0.4 is 5.32 Å². The zero-order valence-electron chi connectivity index (χ0n) is 14.2. The minimum Gasteiger partial charge on any atom is -0.504 e. The summed E-state index contributed by atoms with van der Waals surface area (Å²) in [5.41, 5.74) is 2.03. The summed E-state index contributed by atoms with van der Waals surface area (Å²) in [7, 11) is 0. The van der Waals surface area contributed by atoms with Crippen LogP contribution in [0.2, 0.25) is 0 Å². The molecule has 134 valence electrons. The number of hydrogen-bond donors (Lipinski definition) is 2. The van der Waals surface area contributed by atoms with Crippen LogP contribution in [0, 0.1) is 5.82 Å². The molecular formula is C20H14FN3O3. The second kappa shape index (κ2) is 6.53. The Morgan fingerprint density at radius 2 is 2.04 bits per heavy atom. The summed E-state index contributed by atoms with van der Waals surface area (Å²) < 4.78 is 18.8. The molecule has 0 saturated carbocycles. The van der Waals surface area contributed by atoms with Crippen molar-refractivity contribution in [2.75, 3.05) is 5.32 Å². The molecule has 6 nitrogen and oxygen atoms in total. The van der Waals surface area contributed by atoms with Crippen molar-refractivity contribution in [2.24, 2.45) is 4.99 Å². The van der Waals surface area contributed by atoms with Gasteiger partial charge >= 0.3 is 0 Å². The van der Waals surface area contributed by atoms with Crippen LogP contribution in [0.25, 0.3) is 11.6 Å². The molecule has 7 heteroatoms. The first-order valence-electron chi connectivity index (χ1n) is 8.13. The molecule has 3 aromatic rings. The molecule has 0 fully saturated rings. The van der Waals surface area contributed by atoms with Crippen LogP contribution in [0.4, 0.5) is 21.8 Å². The highest BCUT2D eigenvalue weighted by atomic mass is 19.1. The lowest BCUT2D eigenvalue weighted by Crippen LogP contribution is -1.97. The van der Waals surface area contributed by atoms with Crippen molar-refractivity contribution in [1.82, 2.24) is 4.98 Å². The molecule has 0 radical (unpaired) electrons. The Labute approximate surface area is 153 Å². The molecule has 0 spiro atoms. The topological polar surface area (TPSA) is 87.7 Å². The standard InChI is InChI=1S/C20H14FN3O3/c1-11(25)17-18(26)16(9-12-10-23-19-15(12)3-2-8-22-19)27-20(17)24-14-6-4-13(21)5-7-14/h2-10,24,26H,1H3. The first-order valence-corrected chi connectivity index (χ1v) is 8.13. The van der Waals surface area contributed by atoms with E-state index < -0.39 is 0 Å². The van der Waals surface area contributed by atoms with Crippen molar-refractivity contribution in [3.05, 3.63) is 65.3 Å². The number of aromatic nitrogens is 1. The van der Waals surface area contributed by atoms with Crippen LogP contribution >= 0.6 is 0 Å². The fourth-order valence-electron chi connectivity index (χ4n) is 2.80. The molecule has 0 saturated heterocycles. The van der Waals surface area contributed by atoms with E-state index in [1.165, 1.54) is 31.2 Å². The number of benzene rings is 1. The van der Waals surface area contributed by atoms with Gasteiger partial charge in [0.2, 0.25) is 5.88 Å². The lowest BCUT2D eigenvalue weighted by atomic mass is 10.1. The number of hydrogen-bond acceptors (Lipinski definition) is 6. The SMILES string of the molecule is CC(=O)c1c(Nc2ccc(F)cc2)oc(C=C2C=Nc3ncccc32)c1O. The quantitative estimate of drug-likeness (QED) is 0.655. The second-order valence-corrected chi connectivity index (χ2v) is 5.94. The molecule has 1 aromatic carbocycles. The van der Waals surface area contributed by atoms with Gasteiger partial charge in [0.25, 0.3) is 0 Å². The number of aliphatic imine (C=N–C) groups is 1. The summed E-state index contributed by atoms with van der Waals surface area (Å²) in [6.07, 6.45) is 4.84. The third-order valence-electron chi connectivity index (χ3n) is 4.07. The van der Waals surface area contributed by atoms with Crippen molar-refractivity contribution < 1.29 is 18.7 Å². The van der Waals surface area contributed by atoms with Gasteiger partial charge in [-0.2, -0.15) is 0 Å². The molecule has 27 heavy (non-hydrogen) atoms. The van der Waals surface area contributed by atoms with Gasteiger partial charge in [-0.05, 0) is 49.4 Å². The molecule has 0 atom stereocenters. The minimum absolute atomic E-state index is 0.0209. The largest absolute Gasteiger partial charge is 0.504 e. The molecule has 3 heterocycles. The van der Waals surface area contributed by atoms with E-state index in [0.717, 1.165) is 5.56 Å². The number of halogens is 1. The number of ketones is 1. The smallest absolute Gasteiger partial charge is 0.212 e. The molecule has 1 aliphatic rings. The molecule has 4 rings (SSSR count). The maximum Gasteiger partial charge on any atom is 0.212 e. The van der Waals surface area contributed by atoms with Crippen LogP contribution in [0.15, 0.2) is 52.0 Å². The van der Waals surface area contributed by atoms with Gasteiger partial charge in [0.1, 0.15) is 11.4 Å². The van der Waals surface area contributed by atoms with E-state index in [4.69, 9.17) is 4.42 Å². The number of furan rings is 1. The monoisotopic (exact) mass is 363 g/mol. The Bertz CT molecular complexity index is 1100. The van der Waals surface area contributed by atoms with Crippen molar-refractivity contribution >= 4 is 41.0 Å². The number of aromatic hydroxyl groups is 1. The highest BCUT2D eigenvalue weighted by Gasteiger charge is 2.24.